The topological polar surface area (TPSA) is 59.1 Å². The molecule has 4 rings (SSSR count). The van der Waals surface area contributed by atoms with Gasteiger partial charge in [-0.1, -0.05) is 12.1 Å². The minimum Gasteiger partial charge on any atom is -0.497 e. The molecule has 0 radical (unpaired) electrons. The van der Waals surface area contributed by atoms with E-state index < -0.39 is 0 Å². The molecule has 1 aromatic heterocycles. The SMILES string of the molecule is COc1cccc(N2C(=O)C(c3cccs3)=C(N3CCOCC3)C2=O)c1. The van der Waals surface area contributed by atoms with Gasteiger partial charge in [-0.3, -0.25) is 9.59 Å². The molecule has 26 heavy (non-hydrogen) atoms. The first kappa shape index (κ1) is 16.8. The zero-order valence-electron chi connectivity index (χ0n) is 14.3. The van der Waals surface area contributed by atoms with E-state index in [-0.39, 0.29) is 11.8 Å². The Morgan fingerprint density at radius 3 is 2.58 bits per heavy atom. The van der Waals surface area contributed by atoms with Gasteiger partial charge < -0.3 is 14.4 Å². The van der Waals surface area contributed by atoms with Gasteiger partial charge in [0.05, 0.1) is 31.6 Å². The molecule has 6 nitrogen and oxygen atoms in total. The maximum Gasteiger partial charge on any atom is 0.282 e. The number of carbonyl (C=O) groups excluding carboxylic acids is 2. The molecule has 1 saturated heterocycles. The molecule has 1 aromatic carbocycles. The maximum absolute atomic E-state index is 13.2. The lowest BCUT2D eigenvalue weighted by Crippen LogP contribution is -2.40. The number of imide groups is 1. The first-order valence-electron chi connectivity index (χ1n) is 8.34. The number of benzene rings is 1. The third-order valence-electron chi connectivity index (χ3n) is 4.47. The van der Waals surface area contributed by atoms with E-state index in [1.54, 1.807) is 31.4 Å². The number of nitrogens with zero attached hydrogens (tertiary/aromatic N) is 2. The number of hydrogen-bond donors (Lipinski definition) is 0. The molecular formula is C19H18N2O4S. The maximum atomic E-state index is 13.2. The van der Waals surface area contributed by atoms with E-state index in [1.807, 2.05) is 22.4 Å². The molecule has 2 aromatic rings. The zero-order valence-corrected chi connectivity index (χ0v) is 15.1. The van der Waals surface area contributed by atoms with Gasteiger partial charge in [0, 0.05) is 24.0 Å². The standard InChI is InChI=1S/C19H18N2O4S/c1-24-14-5-2-4-13(12-14)21-18(22)16(15-6-3-11-26-15)17(19(21)23)20-7-9-25-10-8-20/h2-6,11-12H,7-10H2,1H3. The summed E-state index contributed by atoms with van der Waals surface area (Å²) in [5, 5.41) is 1.91. The summed E-state index contributed by atoms with van der Waals surface area (Å²) in [5.74, 6) is 0.00124. The number of thiophene rings is 1. The van der Waals surface area contributed by atoms with Gasteiger partial charge in [-0.2, -0.15) is 0 Å². The van der Waals surface area contributed by atoms with Crippen LogP contribution in [0.25, 0.3) is 5.57 Å². The number of morpholine rings is 1. The van der Waals surface area contributed by atoms with Crippen molar-refractivity contribution in [1.82, 2.24) is 4.90 Å². The van der Waals surface area contributed by atoms with Crippen molar-refractivity contribution in [2.75, 3.05) is 38.3 Å². The van der Waals surface area contributed by atoms with Crippen LogP contribution in [-0.4, -0.2) is 50.1 Å². The second kappa shape index (κ2) is 6.93. The van der Waals surface area contributed by atoms with Gasteiger partial charge >= 0.3 is 0 Å². The number of rotatable bonds is 4. The predicted molar refractivity (Wildman–Crippen MR) is 99.1 cm³/mol. The highest BCUT2D eigenvalue weighted by molar-refractivity contribution is 7.11. The highest BCUT2D eigenvalue weighted by atomic mass is 32.1. The van der Waals surface area contributed by atoms with Gasteiger partial charge in [0.25, 0.3) is 11.8 Å². The molecule has 2 aliphatic heterocycles. The van der Waals surface area contributed by atoms with Gasteiger partial charge in [-0.25, -0.2) is 4.90 Å². The third-order valence-corrected chi connectivity index (χ3v) is 5.35. The summed E-state index contributed by atoms with van der Waals surface area (Å²) in [4.78, 5) is 30.5. The van der Waals surface area contributed by atoms with Crippen LogP contribution < -0.4 is 9.64 Å². The van der Waals surface area contributed by atoms with Crippen LogP contribution in [0.15, 0.2) is 47.5 Å². The Morgan fingerprint density at radius 1 is 1.08 bits per heavy atom. The largest absolute Gasteiger partial charge is 0.497 e. The molecule has 0 unspecified atom stereocenters. The molecule has 3 heterocycles. The number of methoxy groups -OCH3 is 1. The average molecular weight is 370 g/mol. The third kappa shape index (κ3) is 2.79. The molecule has 0 bridgehead atoms. The summed E-state index contributed by atoms with van der Waals surface area (Å²) in [5.41, 5.74) is 1.44. The molecule has 134 valence electrons. The van der Waals surface area contributed by atoms with Crippen LogP contribution in [0, 0.1) is 0 Å². The molecule has 7 heteroatoms. The van der Waals surface area contributed by atoms with E-state index in [0.29, 0.717) is 49.0 Å². The Kier molecular flexibility index (Phi) is 4.48. The molecule has 0 atom stereocenters. The van der Waals surface area contributed by atoms with E-state index >= 15 is 0 Å². The van der Waals surface area contributed by atoms with Crippen molar-refractivity contribution in [2.24, 2.45) is 0 Å². The fourth-order valence-electron chi connectivity index (χ4n) is 3.23. The smallest absolute Gasteiger partial charge is 0.282 e. The summed E-state index contributed by atoms with van der Waals surface area (Å²) in [6.45, 7) is 2.27. The molecule has 1 fully saturated rings. The second-order valence-electron chi connectivity index (χ2n) is 5.95. The average Bonchev–Trinajstić information content (AvgIpc) is 3.28. The first-order valence-corrected chi connectivity index (χ1v) is 9.22. The van der Waals surface area contributed by atoms with Gasteiger partial charge in [-0.15, -0.1) is 11.3 Å². The number of hydrogen-bond acceptors (Lipinski definition) is 6. The van der Waals surface area contributed by atoms with Crippen molar-refractivity contribution >= 4 is 34.4 Å². The highest BCUT2D eigenvalue weighted by Crippen LogP contribution is 2.37. The van der Waals surface area contributed by atoms with E-state index in [9.17, 15) is 9.59 Å². The number of carbonyl (C=O) groups is 2. The quantitative estimate of drug-likeness (QED) is 0.774. The lowest BCUT2D eigenvalue weighted by atomic mass is 10.1. The fourth-order valence-corrected chi connectivity index (χ4v) is 3.99. The summed E-state index contributed by atoms with van der Waals surface area (Å²) >= 11 is 1.46. The Labute approximate surface area is 155 Å². The molecule has 0 saturated carbocycles. The highest BCUT2D eigenvalue weighted by Gasteiger charge is 2.43. The van der Waals surface area contributed by atoms with E-state index in [1.165, 1.54) is 16.2 Å². The number of anilines is 1. The summed E-state index contributed by atoms with van der Waals surface area (Å²) in [6.07, 6.45) is 0. The number of ether oxygens (including phenoxy) is 2. The molecule has 2 aliphatic rings. The minimum atomic E-state index is -0.299. The Balaban J connectivity index is 1.79. The van der Waals surface area contributed by atoms with Crippen LogP contribution in [0.2, 0.25) is 0 Å². The van der Waals surface area contributed by atoms with Gasteiger partial charge in [0.2, 0.25) is 0 Å². The first-order chi connectivity index (χ1) is 12.7. The van der Waals surface area contributed by atoms with Crippen LogP contribution in [-0.2, 0) is 14.3 Å². The van der Waals surface area contributed by atoms with Crippen LogP contribution >= 0.6 is 11.3 Å². The molecule has 0 spiro atoms. The van der Waals surface area contributed by atoms with E-state index in [0.717, 1.165) is 4.88 Å². The Hall–Kier alpha value is -2.64. The second-order valence-corrected chi connectivity index (χ2v) is 6.90. The minimum absolute atomic E-state index is 0.298. The van der Waals surface area contributed by atoms with Crippen LogP contribution in [0.1, 0.15) is 4.88 Å². The molecular weight excluding hydrogens is 352 g/mol. The van der Waals surface area contributed by atoms with Crippen molar-refractivity contribution in [2.45, 2.75) is 0 Å². The van der Waals surface area contributed by atoms with E-state index in [4.69, 9.17) is 9.47 Å². The molecule has 0 N–H and O–H groups in total. The van der Waals surface area contributed by atoms with Crippen molar-refractivity contribution in [3.8, 4) is 5.75 Å². The lowest BCUT2D eigenvalue weighted by Gasteiger charge is -2.29. The normalized spacial score (nSPS) is 18.0. The molecule has 2 amide bonds. The number of amides is 2. The van der Waals surface area contributed by atoms with Gasteiger partial charge in [0.15, 0.2) is 0 Å². The Morgan fingerprint density at radius 2 is 1.88 bits per heavy atom. The lowest BCUT2D eigenvalue weighted by molar-refractivity contribution is -0.121. The summed E-state index contributed by atoms with van der Waals surface area (Å²) in [6, 6.07) is 10.8. The van der Waals surface area contributed by atoms with Crippen molar-refractivity contribution in [3.63, 3.8) is 0 Å². The molecule has 0 aliphatic carbocycles. The Bertz CT molecular complexity index is 869. The summed E-state index contributed by atoms with van der Waals surface area (Å²) < 4.78 is 10.6. The van der Waals surface area contributed by atoms with Crippen molar-refractivity contribution < 1.29 is 19.1 Å². The fraction of sp³-hybridized carbons (Fsp3) is 0.263. The van der Waals surface area contributed by atoms with Crippen molar-refractivity contribution in [1.29, 1.82) is 0 Å². The zero-order chi connectivity index (χ0) is 18.1. The monoisotopic (exact) mass is 370 g/mol. The van der Waals surface area contributed by atoms with Crippen LogP contribution in [0.4, 0.5) is 5.69 Å². The van der Waals surface area contributed by atoms with Crippen LogP contribution in [0.5, 0.6) is 5.75 Å². The van der Waals surface area contributed by atoms with Gasteiger partial charge in [0.1, 0.15) is 11.4 Å². The predicted octanol–water partition coefficient (Wildman–Crippen LogP) is 2.37. The van der Waals surface area contributed by atoms with E-state index in [2.05, 4.69) is 0 Å². The summed E-state index contributed by atoms with van der Waals surface area (Å²) in [7, 11) is 1.56. The van der Waals surface area contributed by atoms with Crippen LogP contribution in [0.3, 0.4) is 0 Å². The van der Waals surface area contributed by atoms with Gasteiger partial charge in [-0.05, 0) is 23.6 Å². The van der Waals surface area contributed by atoms with Crippen molar-refractivity contribution in [3.05, 3.63) is 52.4 Å².